The van der Waals surface area contributed by atoms with Crippen molar-refractivity contribution in [2.75, 3.05) is 29.2 Å². The summed E-state index contributed by atoms with van der Waals surface area (Å²) >= 11 is 0. The Hall–Kier alpha value is -3.99. The molecule has 2 aromatic heterocycles. The number of pyridine rings is 1. The molecule has 0 aliphatic carbocycles. The molecule has 192 valence electrons. The number of anilines is 4. The molecule has 0 spiro atoms. The van der Waals surface area contributed by atoms with E-state index in [-0.39, 0.29) is 23.0 Å². The fraction of sp³-hybridized carbons (Fsp3) is 0.269. The van der Waals surface area contributed by atoms with Gasteiger partial charge in [-0.1, -0.05) is 12.1 Å². The summed E-state index contributed by atoms with van der Waals surface area (Å²) in [5.41, 5.74) is 9.90. The number of nitrogens with two attached hydrogens (primary N) is 1. The average molecular weight is 523 g/mol. The van der Waals surface area contributed by atoms with Gasteiger partial charge >= 0.3 is 0 Å². The molecule has 0 radical (unpaired) electrons. The Morgan fingerprint density at radius 1 is 1.16 bits per heavy atom. The molecule has 4 N–H and O–H groups in total. The van der Waals surface area contributed by atoms with Crippen molar-refractivity contribution in [3.8, 4) is 17.0 Å². The topological polar surface area (TPSA) is 132 Å². The molecule has 0 amide bonds. The third kappa shape index (κ3) is 4.99. The van der Waals surface area contributed by atoms with Gasteiger partial charge in [0.05, 0.1) is 23.5 Å². The zero-order chi connectivity index (χ0) is 26.5. The van der Waals surface area contributed by atoms with Crippen LogP contribution in [0.1, 0.15) is 25.0 Å². The number of nitrogens with zero attached hydrogens (tertiary/aromatic N) is 3. The minimum Gasteiger partial charge on any atom is -0.468 e. The van der Waals surface area contributed by atoms with Crippen LogP contribution in [-0.4, -0.2) is 41.8 Å². The van der Waals surface area contributed by atoms with Gasteiger partial charge in [-0.05, 0) is 50.1 Å². The predicted octanol–water partition coefficient (Wildman–Crippen LogP) is 4.59. The summed E-state index contributed by atoms with van der Waals surface area (Å²) in [6, 6.07) is 8.57. The molecule has 37 heavy (non-hydrogen) atoms. The summed E-state index contributed by atoms with van der Waals surface area (Å²) < 4.78 is 44.4. The monoisotopic (exact) mass is 522 g/mol. The smallest absolute Gasteiger partial charge is 0.238 e. The van der Waals surface area contributed by atoms with Crippen LogP contribution in [-0.2, 0) is 15.6 Å². The second-order valence-corrected chi connectivity index (χ2v) is 12.0. The molecule has 5 rings (SSSR count). The molecule has 9 nitrogen and oxygen atoms in total. The minimum absolute atomic E-state index is 0.0380. The fourth-order valence-corrected chi connectivity index (χ4v) is 5.08. The van der Waals surface area contributed by atoms with Crippen LogP contribution in [0.5, 0.6) is 5.88 Å². The lowest BCUT2D eigenvalue weighted by Crippen LogP contribution is -2.40. The van der Waals surface area contributed by atoms with Crippen molar-refractivity contribution < 1.29 is 17.5 Å². The van der Waals surface area contributed by atoms with Crippen molar-refractivity contribution in [3.05, 3.63) is 59.7 Å². The number of nitrogens with one attached hydrogen (secondary N) is 2. The number of aromatic nitrogens is 3. The molecule has 0 saturated heterocycles. The van der Waals surface area contributed by atoms with Crippen molar-refractivity contribution in [2.24, 2.45) is 0 Å². The van der Waals surface area contributed by atoms with Crippen LogP contribution in [0.15, 0.2) is 42.7 Å². The Morgan fingerprint density at radius 3 is 2.59 bits per heavy atom. The first-order valence-electron chi connectivity index (χ1n) is 11.6. The number of sulfone groups is 1. The highest BCUT2D eigenvalue weighted by atomic mass is 32.2. The van der Waals surface area contributed by atoms with E-state index in [2.05, 4.69) is 25.6 Å². The Morgan fingerprint density at radius 2 is 1.89 bits per heavy atom. The van der Waals surface area contributed by atoms with E-state index in [1.807, 2.05) is 20.8 Å². The summed E-state index contributed by atoms with van der Waals surface area (Å²) in [4.78, 5) is 13.3. The van der Waals surface area contributed by atoms with E-state index in [0.29, 0.717) is 40.1 Å². The second kappa shape index (κ2) is 8.84. The SMILES string of the molecule is Cc1c(-c2cc3nc(Nc4ccc(CS(C)(=O)=O)cc4)ncc3c(N)c2F)cnc2c1NCC(C)(C)O2. The average Bonchev–Trinajstić information content (AvgIpc) is 2.81. The van der Waals surface area contributed by atoms with Crippen molar-refractivity contribution in [3.63, 3.8) is 0 Å². The summed E-state index contributed by atoms with van der Waals surface area (Å²) in [7, 11) is -3.12. The van der Waals surface area contributed by atoms with Gasteiger partial charge in [0, 0.05) is 40.8 Å². The highest BCUT2D eigenvalue weighted by Crippen LogP contribution is 2.41. The largest absolute Gasteiger partial charge is 0.468 e. The van der Waals surface area contributed by atoms with E-state index in [0.717, 1.165) is 11.3 Å². The normalized spacial score (nSPS) is 14.5. The molecule has 1 aliphatic heterocycles. The van der Waals surface area contributed by atoms with Gasteiger partial charge in [-0.25, -0.2) is 27.8 Å². The molecular weight excluding hydrogens is 495 g/mol. The van der Waals surface area contributed by atoms with Gasteiger partial charge in [0.2, 0.25) is 11.8 Å². The lowest BCUT2D eigenvalue weighted by atomic mass is 9.97. The number of fused-ring (bicyclic) bond motifs is 2. The Kier molecular flexibility index (Phi) is 5.90. The van der Waals surface area contributed by atoms with Gasteiger partial charge in [0.1, 0.15) is 11.3 Å². The van der Waals surface area contributed by atoms with Gasteiger partial charge in [-0.15, -0.1) is 0 Å². The van der Waals surface area contributed by atoms with Crippen LogP contribution < -0.4 is 21.1 Å². The zero-order valence-electron chi connectivity index (χ0n) is 20.9. The van der Waals surface area contributed by atoms with Crippen LogP contribution in [0, 0.1) is 12.7 Å². The molecule has 1 aliphatic rings. The maximum atomic E-state index is 15.4. The standard InChI is InChI=1S/C26H27FN6O3S/c1-14-18(10-29-24-23(14)31-13-26(2,3)36-24)17-9-20-19(22(28)21(17)27)11-30-25(33-20)32-16-7-5-15(6-8-16)12-37(4,34)35/h5-11,31H,12-13,28H2,1-4H3,(H,30,32,33). The molecule has 11 heteroatoms. The van der Waals surface area contributed by atoms with Gasteiger partial charge in [0.15, 0.2) is 15.7 Å². The van der Waals surface area contributed by atoms with E-state index in [1.165, 1.54) is 12.5 Å². The molecule has 4 aromatic rings. The summed E-state index contributed by atoms with van der Waals surface area (Å²) in [5.74, 6) is 0.158. The first kappa shape index (κ1) is 24.7. The first-order chi connectivity index (χ1) is 17.4. The minimum atomic E-state index is -3.12. The molecule has 0 saturated carbocycles. The Labute approximate surface area is 214 Å². The highest BCUT2D eigenvalue weighted by molar-refractivity contribution is 7.89. The molecule has 0 fully saturated rings. The molecule has 2 aromatic carbocycles. The third-order valence-corrected chi connectivity index (χ3v) is 7.02. The van der Waals surface area contributed by atoms with Gasteiger partial charge in [-0.2, -0.15) is 0 Å². The van der Waals surface area contributed by atoms with Crippen molar-refractivity contribution in [2.45, 2.75) is 32.1 Å². The van der Waals surface area contributed by atoms with E-state index >= 15 is 4.39 Å². The molecule has 0 bridgehead atoms. The third-order valence-electron chi connectivity index (χ3n) is 6.16. The lowest BCUT2D eigenvalue weighted by Gasteiger charge is -2.33. The van der Waals surface area contributed by atoms with Gasteiger partial charge < -0.3 is 21.1 Å². The quantitative estimate of drug-likeness (QED) is 0.322. The highest BCUT2D eigenvalue weighted by Gasteiger charge is 2.29. The summed E-state index contributed by atoms with van der Waals surface area (Å²) in [5, 5.41) is 6.83. The van der Waals surface area contributed by atoms with E-state index in [1.54, 1.807) is 36.5 Å². The molecule has 0 atom stereocenters. The predicted molar refractivity (Wildman–Crippen MR) is 143 cm³/mol. The van der Waals surface area contributed by atoms with Crippen molar-refractivity contribution in [1.82, 2.24) is 15.0 Å². The number of hydrogen-bond donors (Lipinski definition) is 3. The Bertz CT molecular complexity index is 1640. The van der Waals surface area contributed by atoms with E-state index < -0.39 is 21.3 Å². The summed E-state index contributed by atoms with van der Waals surface area (Å²) in [6.07, 6.45) is 4.25. The fourth-order valence-electron chi connectivity index (χ4n) is 4.28. The van der Waals surface area contributed by atoms with Crippen LogP contribution in [0.2, 0.25) is 0 Å². The van der Waals surface area contributed by atoms with E-state index in [4.69, 9.17) is 10.5 Å². The van der Waals surface area contributed by atoms with Crippen LogP contribution >= 0.6 is 0 Å². The molecule has 3 heterocycles. The van der Waals surface area contributed by atoms with Crippen LogP contribution in [0.3, 0.4) is 0 Å². The number of rotatable bonds is 5. The van der Waals surface area contributed by atoms with E-state index in [9.17, 15) is 8.42 Å². The number of nitrogen functional groups attached to an aromatic ring is 1. The number of hydrogen-bond acceptors (Lipinski definition) is 9. The maximum Gasteiger partial charge on any atom is 0.238 e. The molecule has 0 unspecified atom stereocenters. The van der Waals surface area contributed by atoms with Gasteiger partial charge in [-0.3, -0.25) is 0 Å². The van der Waals surface area contributed by atoms with Crippen LogP contribution in [0.25, 0.3) is 22.0 Å². The van der Waals surface area contributed by atoms with Crippen molar-refractivity contribution >= 4 is 43.8 Å². The number of ether oxygens (including phenoxy) is 1. The first-order valence-corrected chi connectivity index (χ1v) is 13.7. The number of benzene rings is 2. The Balaban J connectivity index is 1.50. The van der Waals surface area contributed by atoms with Gasteiger partial charge in [0.25, 0.3) is 0 Å². The van der Waals surface area contributed by atoms with Crippen LogP contribution in [0.4, 0.5) is 27.4 Å². The van der Waals surface area contributed by atoms with Crippen molar-refractivity contribution in [1.29, 1.82) is 0 Å². The second-order valence-electron chi connectivity index (χ2n) is 9.86. The lowest BCUT2D eigenvalue weighted by molar-refractivity contribution is 0.109. The molecular formula is C26H27FN6O3S. The maximum absolute atomic E-state index is 15.4. The number of halogens is 1. The zero-order valence-corrected chi connectivity index (χ0v) is 21.7. The summed E-state index contributed by atoms with van der Waals surface area (Å²) in [6.45, 7) is 6.40.